The number of hydrogen-bond acceptors (Lipinski definition) is 3. The van der Waals surface area contributed by atoms with Crippen molar-refractivity contribution in [3.05, 3.63) is 60.7 Å². The van der Waals surface area contributed by atoms with Gasteiger partial charge in [0.2, 0.25) is 0 Å². The largest absolute Gasteiger partial charge is 0.407 e. The van der Waals surface area contributed by atoms with E-state index in [9.17, 15) is 9.90 Å². The number of benzene rings is 2. The normalized spacial score (nSPS) is 31.2. The molecule has 0 saturated heterocycles. The highest BCUT2D eigenvalue weighted by molar-refractivity contribution is 6.99. The molecule has 0 aromatic heterocycles. The van der Waals surface area contributed by atoms with Crippen molar-refractivity contribution in [2.24, 2.45) is 23.2 Å². The van der Waals surface area contributed by atoms with E-state index in [1.54, 1.807) is 0 Å². The number of carbonyl (C=O) groups excluding carboxylic acids is 1. The summed E-state index contributed by atoms with van der Waals surface area (Å²) in [6.45, 7) is 7.64. The molecule has 0 spiro atoms. The highest BCUT2D eigenvalue weighted by Crippen LogP contribution is 2.64. The third-order valence-corrected chi connectivity index (χ3v) is 14.1. The molecule has 4 fully saturated rings. The fourth-order valence-corrected chi connectivity index (χ4v) is 12.4. The predicted octanol–water partition coefficient (Wildman–Crippen LogP) is 4.71. The van der Waals surface area contributed by atoms with Crippen molar-refractivity contribution in [3.8, 4) is 0 Å². The number of ketones is 1. The lowest BCUT2D eigenvalue weighted by atomic mass is 9.52. The summed E-state index contributed by atoms with van der Waals surface area (Å²) in [4.78, 5) is 13.0. The molecule has 0 radical (unpaired) electrons. The van der Waals surface area contributed by atoms with Gasteiger partial charge in [-0.3, -0.25) is 4.79 Å². The van der Waals surface area contributed by atoms with E-state index in [-0.39, 0.29) is 22.3 Å². The van der Waals surface area contributed by atoms with Crippen molar-refractivity contribution in [1.29, 1.82) is 0 Å². The van der Waals surface area contributed by atoms with Crippen LogP contribution in [0.5, 0.6) is 0 Å². The van der Waals surface area contributed by atoms with Gasteiger partial charge >= 0.3 is 0 Å². The molecule has 5 atom stereocenters. The second-order valence-corrected chi connectivity index (χ2v) is 16.0. The fourth-order valence-electron chi connectivity index (χ4n) is 7.75. The van der Waals surface area contributed by atoms with Gasteiger partial charge in [0, 0.05) is 18.4 Å². The number of carbonyl (C=O) groups is 1. The van der Waals surface area contributed by atoms with Gasteiger partial charge in [0.05, 0.1) is 6.10 Å². The van der Waals surface area contributed by atoms with Crippen molar-refractivity contribution in [1.82, 2.24) is 0 Å². The molecule has 1 N–H and O–H groups in total. The zero-order valence-electron chi connectivity index (χ0n) is 20.3. The highest BCUT2D eigenvalue weighted by Gasteiger charge is 2.64. The molecule has 176 valence electrons. The summed E-state index contributed by atoms with van der Waals surface area (Å²) in [6, 6.07) is 21.6. The Morgan fingerprint density at radius 2 is 1.61 bits per heavy atom. The SMILES string of the molecule is CC(C)(C)[Si](OCCC[C@]12CC[C@H]3C[C@@H]1C[C@H](O)[C@H]2C3=O)(c1ccccc1)c1ccccc1. The first-order valence-corrected chi connectivity index (χ1v) is 14.7. The van der Waals surface area contributed by atoms with E-state index in [4.69, 9.17) is 4.43 Å². The van der Waals surface area contributed by atoms with E-state index in [1.165, 1.54) is 10.4 Å². The lowest BCUT2D eigenvalue weighted by molar-refractivity contribution is -0.148. The van der Waals surface area contributed by atoms with Gasteiger partial charge in [-0.1, -0.05) is 81.4 Å². The van der Waals surface area contributed by atoms with Gasteiger partial charge in [-0.25, -0.2) is 0 Å². The molecule has 6 rings (SSSR count). The Hall–Kier alpha value is -1.75. The molecule has 0 aliphatic heterocycles. The zero-order chi connectivity index (χ0) is 23.3. The van der Waals surface area contributed by atoms with Crippen LogP contribution in [0, 0.1) is 23.2 Å². The first kappa shape index (κ1) is 23.0. The van der Waals surface area contributed by atoms with Crippen LogP contribution in [0.1, 0.15) is 59.3 Å². The monoisotopic (exact) mass is 462 g/mol. The first-order chi connectivity index (χ1) is 15.8. The number of aliphatic hydroxyl groups excluding tert-OH is 1. The quantitative estimate of drug-likeness (QED) is 0.479. The summed E-state index contributed by atoms with van der Waals surface area (Å²) in [7, 11) is -2.52. The van der Waals surface area contributed by atoms with Gasteiger partial charge < -0.3 is 9.53 Å². The minimum atomic E-state index is -2.52. The van der Waals surface area contributed by atoms with Crippen LogP contribution in [0.4, 0.5) is 0 Å². The predicted molar refractivity (Wildman–Crippen MR) is 135 cm³/mol. The summed E-state index contributed by atoms with van der Waals surface area (Å²) in [5.41, 5.74) is 0.0139. The van der Waals surface area contributed by atoms with E-state index in [0.717, 1.165) is 38.5 Å². The third kappa shape index (κ3) is 3.57. The molecule has 0 amide bonds. The van der Waals surface area contributed by atoms with Crippen LogP contribution < -0.4 is 10.4 Å². The fraction of sp³-hybridized carbons (Fsp3) is 0.552. The Kier molecular flexibility index (Phi) is 5.91. The molecular weight excluding hydrogens is 424 g/mol. The Morgan fingerprint density at radius 1 is 1.00 bits per heavy atom. The van der Waals surface area contributed by atoms with Crippen LogP contribution in [0.25, 0.3) is 0 Å². The number of Topliss-reactive ketones (excluding diaryl/α,β-unsaturated/α-hetero) is 1. The average molecular weight is 463 g/mol. The Balaban J connectivity index is 1.40. The van der Waals surface area contributed by atoms with Crippen molar-refractivity contribution in [2.75, 3.05) is 6.61 Å². The van der Waals surface area contributed by atoms with Gasteiger partial charge in [-0.2, -0.15) is 0 Å². The standard InChI is InChI=1S/C29H38O3Si/c1-28(2,3)33(23-11-6-4-7-12-23,24-13-8-5-9-14-24)32-18-10-16-29-17-15-21-19-22(29)20-25(30)26(29)27(21)31/h4-9,11-14,21-22,25-26,30H,10,15-20H2,1-3H3/t21-,22+,25-,26-,29-/m0/s1. The summed E-state index contributed by atoms with van der Waals surface area (Å²) < 4.78 is 7.10. The van der Waals surface area contributed by atoms with Crippen molar-refractivity contribution >= 4 is 24.5 Å². The van der Waals surface area contributed by atoms with E-state index in [0.29, 0.717) is 18.3 Å². The molecule has 4 bridgehead atoms. The summed E-state index contributed by atoms with van der Waals surface area (Å²) >= 11 is 0. The van der Waals surface area contributed by atoms with Crippen LogP contribution >= 0.6 is 0 Å². The lowest BCUT2D eigenvalue weighted by Crippen LogP contribution is -2.66. The van der Waals surface area contributed by atoms with Gasteiger partial charge in [0.1, 0.15) is 5.78 Å². The van der Waals surface area contributed by atoms with Crippen LogP contribution in [-0.4, -0.2) is 31.9 Å². The molecular formula is C29H38O3Si. The number of hydrogen-bond donors (Lipinski definition) is 1. The molecule has 33 heavy (non-hydrogen) atoms. The van der Waals surface area contributed by atoms with Crippen molar-refractivity contribution in [3.63, 3.8) is 0 Å². The van der Waals surface area contributed by atoms with Crippen LogP contribution in [0.15, 0.2) is 60.7 Å². The van der Waals surface area contributed by atoms with Gasteiger partial charge in [0.15, 0.2) is 0 Å². The van der Waals surface area contributed by atoms with Gasteiger partial charge in [-0.15, -0.1) is 0 Å². The van der Waals surface area contributed by atoms with Crippen molar-refractivity contribution in [2.45, 2.75) is 70.4 Å². The molecule has 4 aliphatic rings. The summed E-state index contributed by atoms with van der Waals surface area (Å²) in [6.07, 6.45) is 5.47. The Labute approximate surface area is 199 Å². The maximum absolute atomic E-state index is 13.0. The Bertz CT molecular complexity index is 943. The minimum Gasteiger partial charge on any atom is -0.407 e. The maximum atomic E-state index is 13.0. The van der Waals surface area contributed by atoms with E-state index >= 15 is 0 Å². The third-order valence-electron chi connectivity index (χ3n) is 9.10. The molecule has 0 heterocycles. The summed E-state index contributed by atoms with van der Waals surface area (Å²) in [5.74, 6) is 0.965. The Morgan fingerprint density at radius 3 is 2.18 bits per heavy atom. The topological polar surface area (TPSA) is 46.5 Å². The molecule has 4 heteroatoms. The zero-order valence-corrected chi connectivity index (χ0v) is 21.3. The number of rotatable bonds is 7. The molecule has 2 aromatic rings. The average Bonchev–Trinajstić information content (AvgIpc) is 3.03. The van der Waals surface area contributed by atoms with Gasteiger partial charge in [-0.05, 0) is 65.3 Å². The van der Waals surface area contributed by atoms with E-state index < -0.39 is 14.4 Å². The van der Waals surface area contributed by atoms with E-state index in [1.807, 2.05) is 0 Å². The van der Waals surface area contributed by atoms with E-state index in [2.05, 4.69) is 81.4 Å². The lowest BCUT2D eigenvalue weighted by Gasteiger charge is -2.51. The molecule has 4 aliphatic carbocycles. The molecule has 3 nitrogen and oxygen atoms in total. The van der Waals surface area contributed by atoms with Crippen LogP contribution in [-0.2, 0) is 9.22 Å². The highest BCUT2D eigenvalue weighted by atomic mass is 28.4. The van der Waals surface area contributed by atoms with Crippen LogP contribution in [0.2, 0.25) is 5.04 Å². The number of aliphatic hydroxyl groups is 1. The van der Waals surface area contributed by atoms with Crippen molar-refractivity contribution < 1.29 is 14.3 Å². The van der Waals surface area contributed by atoms with Crippen LogP contribution in [0.3, 0.4) is 0 Å². The minimum absolute atomic E-state index is 0.0139. The molecule has 0 unspecified atom stereocenters. The first-order valence-electron chi connectivity index (χ1n) is 12.8. The number of fused-ring (bicyclic) bond motifs is 1. The summed E-state index contributed by atoms with van der Waals surface area (Å²) in [5, 5.41) is 13.3. The molecule has 4 saturated carbocycles. The van der Waals surface area contributed by atoms with Gasteiger partial charge in [0.25, 0.3) is 8.32 Å². The second-order valence-electron chi connectivity index (χ2n) is 11.7. The molecule has 2 aromatic carbocycles. The maximum Gasteiger partial charge on any atom is 0.261 e. The second kappa shape index (κ2) is 8.48. The smallest absolute Gasteiger partial charge is 0.261 e.